The molecule has 1 aliphatic carbocycles. The molecule has 160 valence electrons. The van der Waals surface area contributed by atoms with E-state index in [9.17, 15) is 18.4 Å². The third-order valence-electron chi connectivity index (χ3n) is 4.79. The Hall–Kier alpha value is -2.81. The highest BCUT2D eigenvalue weighted by atomic mass is 35.5. The minimum absolute atomic E-state index is 0.0200. The number of ether oxygens (including phenoxy) is 2. The van der Waals surface area contributed by atoms with Gasteiger partial charge in [0.25, 0.3) is 0 Å². The Morgan fingerprint density at radius 3 is 2.60 bits per heavy atom. The average Bonchev–Trinajstić information content (AvgIpc) is 3.54. The molecular formula is C20H20ClF2N3O4. The molecule has 1 aromatic carbocycles. The van der Waals surface area contributed by atoms with Gasteiger partial charge in [-0.2, -0.15) is 4.98 Å². The van der Waals surface area contributed by atoms with Crippen LogP contribution >= 0.6 is 11.6 Å². The summed E-state index contributed by atoms with van der Waals surface area (Å²) in [7, 11) is 2.59. The van der Waals surface area contributed by atoms with Gasteiger partial charge in [0.05, 0.1) is 37.0 Å². The highest BCUT2D eigenvalue weighted by molar-refractivity contribution is 6.31. The van der Waals surface area contributed by atoms with Crippen LogP contribution in [0, 0.1) is 23.5 Å². The van der Waals surface area contributed by atoms with Gasteiger partial charge in [0.2, 0.25) is 5.88 Å². The van der Waals surface area contributed by atoms with Crippen LogP contribution in [0.3, 0.4) is 0 Å². The summed E-state index contributed by atoms with van der Waals surface area (Å²) in [4.78, 5) is 34.3. The SMILES string of the molecule is CCCN(c1cnc(C(=O)C2CC2C(=O)OC)c(OC)n1)c1cc(Cl)c(F)cc1F. The van der Waals surface area contributed by atoms with Crippen LogP contribution < -0.4 is 9.64 Å². The van der Waals surface area contributed by atoms with Crippen molar-refractivity contribution in [1.82, 2.24) is 9.97 Å². The molecule has 0 amide bonds. The number of rotatable bonds is 8. The van der Waals surface area contributed by atoms with E-state index in [0.717, 1.165) is 0 Å². The summed E-state index contributed by atoms with van der Waals surface area (Å²) in [6, 6.07) is 1.86. The van der Waals surface area contributed by atoms with E-state index in [2.05, 4.69) is 14.7 Å². The molecule has 30 heavy (non-hydrogen) atoms. The highest BCUT2D eigenvalue weighted by Gasteiger charge is 2.50. The number of aromatic nitrogens is 2. The molecule has 0 radical (unpaired) electrons. The van der Waals surface area contributed by atoms with Gasteiger partial charge in [-0.15, -0.1) is 0 Å². The van der Waals surface area contributed by atoms with E-state index >= 15 is 0 Å². The molecule has 10 heteroatoms. The first-order valence-electron chi connectivity index (χ1n) is 9.27. The minimum Gasteiger partial charge on any atom is -0.479 e. The van der Waals surface area contributed by atoms with Crippen molar-refractivity contribution in [2.45, 2.75) is 19.8 Å². The number of Topliss-reactive ketones (excluding diaryl/α,β-unsaturated/α-hetero) is 1. The highest BCUT2D eigenvalue weighted by Crippen LogP contribution is 2.43. The number of anilines is 2. The maximum atomic E-state index is 14.4. The van der Waals surface area contributed by atoms with Crippen molar-refractivity contribution < 1.29 is 27.8 Å². The van der Waals surface area contributed by atoms with Crippen molar-refractivity contribution >= 4 is 34.9 Å². The van der Waals surface area contributed by atoms with Crippen molar-refractivity contribution in [2.24, 2.45) is 11.8 Å². The third kappa shape index (κ3) is 4.21. The number of carbonyl (C=O) groups excluding carboxylic acids is 2. The fourth-order valence-corrected chi connectivity index (χ4v) is 3.34. The van der Waals surface area contributed by atoms with Crippen LogP contribution in [0.5, 0.6) is 5.88 Å². The molecule has 1 fully saturated rings. The average molecular weight is 440 g/mol. The number of ketones is 1. The number of hydrogen-bond donors (Lipinski definition) is 0. The lowest BCUT2D eigenvalue weighted by molar-refractivity contribution is -0.142. The Balaban J connectivity index is 1.95. The normalized spacial score (nSPS) is 17.4. The molecule has 0 bridgehead atoms. The van der Waals surface area contributed by atoms with E-state index in [1.807, 2.05) is 6.92 Å². The van der Waals surface area contributed by atoms with Gasteiger partial charge in [-0.1, -0.05) is 18.5 Å². The van der Waals surface area contributed by atoms with Gasteiger partial charge < -0.3 is 14.4 Å². The molecule has 0 saturated heterocycles. The second-order valence-corrected chi connectivity index (χ2v) is 7.20. The standard InChI is InChI=1S/C20H20ClF2N3O4/c1-4-5-26(15-7-12(21)13(22)8-14(15)23)16-9-24-17(19(25-16)29-2)18(27)10-6-11(10)20(28)30-3/h7-11H,4-6H2,1-3H3. The van der Waals surface area contributed by atoms with Crippen LogP contribution in [-0.4, -0.2) is 42.5 Å². The summed E-state index contributed by atoms with van der Waals surface area (Å²) in [5.41, 5.74) is -0.00154. The molecule has 0 spiro atoms. The summed E-state index contributed by atoms with van der Waals surface area (Å²) >= 11 is 5.82. The molecule has 1 aliphatic rings. The van der Waals surface area contributed by atoms with Crippen LogP contribution in [0.4, 0.5) is 20.3 Å². The number of nitrogens with zero attached hydrogens (tertiary/aromatic N) is 3. The van der Waals surface area contributed by atoms with E-state index in [4.69, 9.17) is 16.3 Å². The number of hydrogen-bond acceptors (Lipinski definition) is 7. The molecule has 1 aromatic heterocycles. The lowest BCUT2D eigenvalue weighted by atomic mass is 10.1. The third-order valence-corrected chi connectivity index (χ3v) is 5.08. The molecule has 2 atom stereocenters. The van der Waals surface area contributed by atoms with Crippen molar-refractivity contribution in [3.8, 4) is 5.88 Å². The molecule has 1 saturated carbocycles. The van der Waals surface area contributed by atoms with E-state index in [0.29, 0.717) is 25.5 Å². The maximum Gasteiger partial charge on any atom is 0.309 e. The first kappa shape index (κ1) is 21.9. The van der Waals surface area contributed by atoms with Gasteiger partial charge in [-0.05, 0) is 18.9 Å². The zero-order valence-electron chi connectivity index (χ0n) is 16.6. The van der Waals surface area contributed by atoms with Gasteiger partial charge in [-0.3, -0.25) is 9.59 Å². The first-order valence-corrected chi connectivity index (χ1v) is 9.65. The van der Waals surface area contributed by atoms with Crippen LogP contribution in [0.25, 0.3) is 0 Å². The second kappa shape index (κ2) is 8.91. The quantitative estimate of drug-likeness (QED) is 0.350. The van der Waals surface area contributed by atoms with Gasteiger partial charge >= 0.3 is 5.97 Å². The summed E-state index contributed by atoms with van der Waals surface area (Å²) < 4.78 is 37.9. The molecule has 7 nitrogen and oxygen atoms in total. The zero-order valence-corrected chi connectivity index (χ0v) is 17.4. The fourth-order valence-electron chi connectivity index (χ4n) is 3.18. The summed E-state index contributed by atoms with van der Waals surface area (Å²) in [5.74, 6) is -3.40. The van der Waals surface area contributed by atoms with Crippen molar-refractivity contribution in [3.63, 3.8) is 0 Å². The van der Waals surface area contributed by atoms with Crippen LogP contribution in [0.1, 0.15) is 30.3 Å². The molecular weight excluding hydrogens is 420 g/mol. The molecule has 2 unspecified atom stereocenters. The molecule has 3 rings (SSSR count). The van der Waals surface area contributed by atoms with E-state index in [1.165, 1.54) is 31.4 Å². The number of esters is 1. The van der Waals surface area contributed by atoms with Crippen molar-refractivity contribution in [3.05, 3.63) is 40.7 Å². The fraction of sp³-hybridized carbons (Fsp3) is 0.400. The number of halogens is 3. The van der Waals surface area contributed by atoms with Gasteiger partial charge in [0.1, 0.15) is 11.6 Å². The van der Waals surface area contributed by atoms with Gasteiger partial charge in [-0.25, -0.2) is 13.8 Å². The zero-order chi connectivity index (χ0) is 22.0. The Kier molecular flexibility index (Phi) is 6.50. The topological polar surface area (TPSA) is 81.6 Å². The summed E-state index contributed by atoms with van der Waals surface area (Å²) in [5, 5.41) is -0.234. The Morgan fingerprint density at radius 1 is 1.23 bits per heavy atom. The molecule has 0 N–H and O–H groups in total. The predicted molar refractivity (Wildman–Crippen MR) is 105 cm³/mol. The lowest BCUT2D eigenvalue weighted by Gasteiger charge is -2.24. The predicted octanol–water partition coefficient (Wildman–Crippen LogP) is 3.96. The number of methoxy groups -OCH3 is 2. The summed E-state index contributed by atoms with van der Waals surface area (Å²) in [6.07, 6.45) is 2.29. The lowest BCUT2D eigenvalue weighted by Crippen LogP contribution is -2.22. The van der Waals surface area contributed by atoms with Gasteiger partial charge in [0.15, 0.2) is 17.3 Å². The summed E-state index contributed by atoms with van der Waals surface area (Å²) in [6.45, 7) is 2.20. The maximum absolute atomic E-state index is 14.4. The number of carbonyl (C=O) groups is 2. The monoisotopic (exact) mass is 439 g/mol. The van der Waals surface area contributed by atoms with Crippen LogP contribution in [0.2, 0.25) is 5.02 Å². The second-order valence-electron chi connectivity index (χ2n) is 6.79. The molecule has 1 heterocycles. The Morgan fingerprint density at radius 2 is 1.97 bits per heavy atom. The molecule has 0 aliphatic heterocycles. The van der Waals surface area contributed by atoms with E-state index in [-0.39, 0.29) is 33.9 Å². The Labute approximate surface area is 177 Å². The van der Waals surface area contributed by atoms with Crippen LogP contribution in [-0.2, 0) is 9.53 Å². The van der Waals surface area contributed by atoms with Crippen molar-refractivity contribution in [1.29, 1.82) is 0 Å². The number of benzene rings is 1. The smallest absolute Gasteiger partial charge is 0.309 e. The van der Waals surface area contributed by atoms with Crippen LogP contribution in [0.15, 0.2) is 18.3 Å². The Bertz CT molecular complexity index is 989. The van der Waals surface area contributed by atoms with Gasteiger partial charge in [0, 0.05) is 18.5 Å². The first-order chi connectivity index (χ1) is 14.3. The minimum atomic E-state index is -0.872. The van der Waals surface area contributed by atoms with E-state index in [1.54, 1.807) is 0 Å². The van der Waals surface area contributed by atoms with Crippen molar-refractivity contribution in [2.75, 3.05) is 25.7 Å². The molecule has 2 aromatic rings. The largest absolute Gasteiger partial charge is 0.479 e. The van der Waals surface area contributed by atoms with E-state index < -0.39 is 29.4 Å².